The van der Waals surface area contributed by atoms with E-state index in [2.05, 4.69) is 10.3 Å². The lowest BCUT2D eigenvalue weighted by molar-refractivity contribution is -0.141. The number of aromatic nitrogens is 1. The van der Waals surface area contributed by atoms with E-state index in [-0.39, 0.29) is 30.1 Å². The smallest absolute Gasteiger partial charge is 0.369 e. The summed E-state index contributed by atoms with van der Waals surface area (Å²) in [4.78, 5) is 14.5. The predicted octanol–water partition coefficient (Wildman–Crippen LogP) is 1.05. The summed E-state index contributed by atoms with van der Waals surface area (Å²) >= 11 is 0. The largest absolute Gasteiger partial charge is 0.433 e. The second-order valence-electron chi connectivity index (χ2n) is 4.36. The van der Waals surface area contributed by atoms with E-state index < -0.39 is 27.6 Å². The van der Waals surface area contributed by atoms with Gasteiger partial charge in [-0.25, -0.2) is 13.4 Å². The lowest BCUT2D eigenvalue weighted by Crippen LogP contribution is -2.19. The molecule has 0 aliphatic carbocycles. The highest BCUT2D eigenvalue weighted by Gasteiger charge is 2.33. The number of nitrogens with zero attached hydrogens (tertiary/aromatic N) is 1. The quantitative estimate of drug-likeness (QED) is 0.761. The summed E-state index contributed by atoms with van der Waals surface area (Å²) in [5.74, 6) is -1.38. The van der Waals surface area contributed by atoms with Crippen LogP contribution in [0.3, 0.4) is 0 Å². The van der Waals surface area contributed by atoms with E-state index in [1.54, 1.807) is 0 Å². The summed E-state index contributed by atoms with van der Waals surface area (Å²) in [5.41, 5.74) is 3.69. The molecule has 1 heterocycles. The van der Waals surface area contributed by atoms with Gasteiger partial charge in [-0.2, -0.15) is 13.2 Å². The summed E-state index contributed by atoms with van der Waals surface area (Å²) in [6.07, 6.45) is -3.45. The Morgan fingerprint density at radius 3 is 2.48 bits per heavy atom. The van der Waals surface area contributed by atoms with Crippen LogP contribution in [0.2, 0.25) is 0 Å². The van der Waals surface area contributed by atoms with Crippen molar-refractivity contribution in [2.45, 2.75) is 12.6 Å². The first-order chi connectivity index (χ1) is 9.50. The van der Waals surface area contributed by atoms with Crippen LogP contribution >= 0.6 is 0 Å². The van der Waals surface area contributed by atoms with Gasteiger partial charge >= 0.3 is 6.18 Å². The molecular weight excluding hydrogens is 311 g/mol. The zero-order valence-electron chi connectivity index (χ0n) is 11.1. The van der Waals surface area contributed by atoms with E-state index in [1.165, 1.54) is 0 Å². The third-order valence-corrected chi connectivity index (χ3v) is 3.47. The molecule has 0 saturated carbocycles. The van der Waals surface area contributed by atoms with E-state index in [4.69, 9.17) is 5.73 Å². The molecule has 0 aliphatic rings. The highest BCUT2D eigenvalue weighted by molar-refractivity contribution is 7.90. The molecule has 0 spiro atoms. The van der Waals surface area contributed by atoms with E-state index in [1.807, 2.05) is 0 Å². The predicted molar refractivity (Wildman–Crippen MR) is 70.6 cm³/mol. The van der Waals surface area contributed by atoms with Gasteiger partial charge in [-0.15, -0.1) is 0 Å². The maximum Gasteiger partial charge on any atom is 0.433 e. The average molecular weight is 325 g/mol. The fraction of sp³-hybridized carbons (Fsp3) is 0.455. The summed E-state index contributed by atoms with van der Waals surface area (Å²) in [5, 5.41) is 2.50. The number of hydrogen-bond donors (Lipinski definition) is 2. The lowest BCUT2D eigenvalue weighted by atomic mass is 10.2. The van der Waals surface area contributed by atoms with Gasteiger partial charge < -0.3 is 11.1 Å². The van der Waals surface area contributed by atoms with E-state index in [9.17, 15) is 26.4 Å². The molecule has 118 valence electrons. The minimum absolute atomic E-state index is 0.0433. The Labute approximate surface area is 119 Å². The van der Waals surface area contributed by atoms with Gasteiger partial charge in [0.25, 0.3) is 5.91 Å². The normalized spacial score (nSPS) is 12.2. The topological polar surface area (TPSA) is 102 Å². The fourth-order valence-electron chi connectivity index (χ4n) is 1.49. The number of amides is 1. The Morgan fingerprint density at radius 1 is 1.38 bits per heavy atom. The first-order valence-electron chi connectivity index (χ1n) is 5.80. The maximum atomic E-state index is 12.6. The molecule has 3 N–H and O–H groups in total. The number of pyridine rings is 1. The summed E-state index contributed by atoms with van der Waals surface area (Å²) in [6, 6.07) is 1.58. The van der Waals surface area contributed by atoms with Crippen LogP contribution in [0, 0.1) is 0 Å². The first kappa shape index (κ1) is 17.2. The Hall–Kier alpha value is -1.84. The van der Waals surface area contributed by atoms with Gasteiger partial charge in [0.1, 0.15) is 21.3 Å². The summed E-state index contributed by atoms with van der Waals surface area (Å²) in [7, 11) is -3.17. The molecule has 0 radical (unpaired) electrons. The average Bonchev–Trinajstić information content (AvgIpc) is 2.32. The third kappa shape index (κ3) is 5.58. The molecule has 0 fully saturated rings. The van der Waals surface area contributed by atoms with Crippen LogP contribution in [0.1, 0.15) is 22.5 Å². The van der Waals surface area contributed by atoms with Gasteiger partial charge in [0.15, 0.2) is 0 Å². The number of sulfone groups is 1. The first-order valence-corrected chi connectivity index (χ1v) is 7.86. The van der Waals surface area contributed by atoms with Gasteiger partial charge in [0.2, 0.25) is 0 Å². The van der Waals surface area contributed by atoms with Crippen LogP contribution in [0.5, 0.6) is 0 Å². The van der Waals surface area contributed by atoms with Crippen molar-refractivity contribution in [3.63, 3.8) is 0 Å². The molecule has 0 aromatic carbocycles. The standard InChI is InChI=1S/C11H14F3N3O3S/c1-21(19,20)6-2-5-16-10-7(9(15)18)3-4-8(17-10)11(12,13)14/h3-4H,2,5-6H2,1H3,(H2,15,18)(H,16,17). The number of hydrogen-bond acceptors (Lipinski definition) is 5. The van der Waals surface area contributed by atoms with Gasteiger partial charge in [-0.1, -0.05) is 0 Å². The molecule has 1 amide bonds. The van der Waals surface area contributed by atoms with E-state index >= 15 is 0 Å². The van der Waals surface area contributed by atoms with Crippen molar-refractivity contribution >= 4 is 21.6 Å². The van der Waals surface area contributed by atoms with Crippen molar-refractivity contribution in [3.8, 4) is 0 Å². The number of carbonyl (C=O) groups is 1. The Bertz CT molecular complexity index is 629. The monoisotopic (exact) mass is 325 g/mol. The highest BCUT2D eigenvalue weighted by Crippen LogP contribution is 2.29. The van der Waals surface area contributed by atoms with Crippen molar-refractivity contribution in [2.75, 3.05) is 23.9 Å². The summed E-state index contributed by atoms with van der Waals surface area (Å²) < 4.78 is 59.6. The van der Waals surface area contributed by atoms with Crippen LogP contribution in [-0.4, -0.2) is 37.9 Å². The molecule has 1 aromatic heterocycles. The van der Waals surface area contributed by atoms with Gasteiger partial charge in [0.05, 0.1) is 11.3 Å². The number of nitrogens with two attached hydrogens (primary N) is 1. The maximum absolute atomic E-state index is 12.6. The van der Waals surface area contributed by atoms with Crippen molar-refractivity contribution in [1.29, 1.82) is 0 Å². The number of alkyl halides is 3. The van der Waals surface area contributed by atoms with Gasteiger partial charge in [0, 0.05) is 12.8 Å². The zero-order chi connectivity index (χ0) is 16.3. The van der Waals surface area contributed by atoms with Crippen LogP contribution in [-0.2, 0) is 16.0 Å². The second-order valence-corrected chi connectivity index (χ2v) is 6.62. The molecule has 1 rings (SSSR count). The number of halogens is 3. The van der Waals surface area contributed by atoms with Crippen LogP contribution in [0.4, 0.5) is 19.0 Å². The summed E-state index contributed by atoms with van der Waals surface area (Å²) in [6.45, 7) is 0.0433. The Morgan fingerprint density at radius 2 is 2.00 bits per heavy atom. The highest BCUT2D eigenvalue weighted by atomic mass is 32.2. The second kappa shape index (κ2) is 6.29. The Kier molecular flexibility index (Phi) is 5.15. The molecule has 10 heteroatoms. The number of rotatable bonds is 6. The minimum Gasteiger partial charge on any atom is -0.369 e. The molecule has 0 bridgehead atoms. The van der Waals surface area contributed by atoms with Crippen molar-refractivity contribution in [1.82, 2.24) is 4.98 Å². The fourth-order valence-corrected chi connectivity index (χ4v) is 2.16. The zero-order valence-corrected chi connectivity index (χ0v) is 11.9. The Balaban J connectivity index is 2.89. The molecule has 1 aromatic rings. The number of anilines is 1. The molecule has 0 aliphatic heterocycles. The van der Waals surface area contributed by atoms with Gasteiger partial charge in [-0.3, -0.25) is 4.79 Å². The van der Waals surface area contributed by atoms with Crippen molar-refractivity contribution in [3.05, 3.63) is 23.4 Å². The van der Waals surface area contributed by atoms with Gasteiger partial charge in [-0.05, 0) is 18.6 Å². The SMILES string of the molecule is CS(=O)(=O)CCCNc1nc(C(F)(F)F)ccc1C(N)=O. The number of carbonyl (C=O) groups excluding carboxylic acids is 1. The van der Waals surface area contributed by atoms with Crippen LogP contribution in [0.15, 0.2) is 12.1 Å². The molecule has 21 heavy (non-hydrogen) atoms. The molecule has 0 saturated heterocycles. The molecule has 0 unspecified atom stereocenters. The third-order valence-electron chi connectivity index (χ3n) is 2.44. The van der Waals surface area contributed by atoms with Crippen LogP contribution < -0.4 is 11.1 Å². The molecule has 0 atom stereocenters. The van der Waals surface area contributed by atoms with E-state index in [0.29, 0.717) is 6.07 Å². The molecule has 6 nitrogen and oxygen atoms in total. The van der Waals surface area contributed by atoms with Crippen molar-refractivity contribution < 1.29 is 26.4 Å². The molecular formula is C11H14F3N3O3S. The minimum atomic E-state index is -4.65. The van der Waals surface area contributed by atoms with Crippen LogP contribution in [0.25, 0.3) is 0 Å². The van der Waals surface area contributed by atoms with Crippen molar-refractivity contribution in [2.24, 2.45) is 5.73 Å². The lowest BCUT2D eigenvalue weighted by Gasteiger charge is -2.12. The van der Waals surface area contributed by atoms with E-state index in [0.717, 1.165) is 12.3 Å². The number of primary amides is 1. The number of nitrogens with one attached hydrogen (secondary N) is 1.